The Morgan fingerprint density at radius 2 is 2.22 bits per heavy atom. The molecule has 0 aliphatic heterocycles. The van der Waals surface area contributed by atoms with Crippen molar-refractivity contribution >= 4 is 5.95 Å². The maximum atomic E-state index is 5.27. The van der Waals surface area contributed by atoms with Gasteiger partial charge >= 0.3 is 0 Å². The van der Waals surface area contributed by atoms with Gasteiger partial charge in [-0.2, -0.15) is 4.98 Å². The lowest BCUT2D eigenvalue weighted by Gasteiger charge is -2.30. The summed E-state index contributed by atoms with van der Waals surface area (Å²) in [6.07, 6.45) is 6.66. The summed E-state index contributed by atoms with van der Waals surface area (Å²) >= 11 is 0. The number of anilines is 1. The van der Waals surface area contributed by atoms with Gasteiger partial charge in [-0.3, -0.25) is 4.98 Å². The van der Waals surface area contributed by atoms with Crippen LogP contribution in [0.15, 0.2) is 22.9 Å². The van der Waals surface area contributed by atoms with Gasteiger partial charge in [-0.1, -0.05) is 12.5 Å². The smallest absolute Gasteiger partial charge is 0.265 e. The molecule has 0 aromatic carbocycles. The van der Waals surface area contributed by atoms with Gasteiger partial charge in [0.1, 0.15) is 0 Å². The average molecular weight is 315 g/mol. The molecule has 2 aromatic rings. The zero-order valence-electron chi connectivity index (χ0n) is 14.1. The molecule has 0 amide bonds. The highest BCUT2D eigenvalue weighted by atomic mass is 16.5. The van der Waals surface area contributed by atoms with Crippen LogP contribution in [-0.4, -0.2) is 35.3 Å². The molecule has 3 rings (SSSR count). The van der Waals surface area contributed by atoms with Crippen LogP contribution in [0.3, 0.4) is 0 Å². The van der Waals surface area contributed by atoms with Crippen molar-refractivity contribution in [1.82, 2.24) is 20.4 Å². The summed E-state index contributed by atoms with van der Waals surface area (Å²) in [5, 5.41) is 7.51. The zero-order valence-corrected chi connectivity index (χ0v) is 14.1. The van der Waals surface area contributed by atoms with Crippen molar-refractivity contribution in [2.75, 3.05) is 19.0 Å². The summed E-state index contributed by atoms with van der Waals surface area (Å²) in [6, 6.07) is 4.64. The predicted octanol–water partition coefficient (Wildman–Crippen LogP) is 2.66. The molecule has 1 aliphatic rings. The Hall–Kier alpha value is -1.95. The summed E-state index contributed by atoms with van der Waals surface area (Å²) < 4.78 is 5.27. The van der Waals surface area contributed by atoms with Crippen molar-refractivity contribution < 1.29 is 4.52 Å². The van der Waals surface area contributed by atoms with E-state index in [0.29, 0.717) is 30.3 Å². The molecule has 2 atom stereocenters. The molecule has 0 radical (unpaired) electrons. The van der Waals surface area contributed by atoms with Gasteiger partial charge in [0, 0.05) is 37.9 Å². The summed E-state index contributed by atoms with van der Waals surface area (Å²) in [4.78, 5) is 10.8. The number of rotatable bonds is 5. The van der Waals surface area contributed by atoms with Crippen molar-refractivity contribution in [3.8, 4) is 0 Å². The van der Waals surface area contributed by atoms with Gasteiger partial charge in [-0.05, 0) is 43.0 Å². The number of nitrogens with zero attached hydrogens (tertiary/aromatic N) is 4. The molecular weight excluding hydrogens is 290 g/mol. The van der Waals surface area contributed by atoms with Gasteiger partial charge in [-0.15, -0.1) is 0 Å². The third kappa shape index (κ3) is 3.88. The number of aromatic nitrogens is 3. The molecule has 1 N–H and O–H groups in total. The number of aryl methyl sites for hydroxylation is 1. The second-order valence-corrected chi connectivity index (χ2v) is 6.53. The maximum Gasteiger partial charge on any atom is 0.265 e. The second-order valence-electron chi connectivity index (χ2n) is 6.53. The molecule has 1 aliphatic carbocycles. The van der Waals surface area contributed by atoms with Gasteiger partial charge < -0.3 is 14.7 Å². The quantitative estimate of drug-likeness (QED) is 0.915. The topological polar surface area (TPSA) is 67.1 Å². The highest BCUT2D eigenvalue weighted by Crippen LogP contribution is 2.33. The first kappa shape index (κ1) is 15.9. The van der Waals surface area contributed by atoms with Crippen LogP contribution in [0.1, 0.15) is 48.7 Å². The van der Waals surface area contributed by atoms with E-state index in [1.807, 2.05) is 31.3 Å². The summed E-state index contributed by atoms with van der Waals surface area (Å²) in [6.45, 7) is 2.78. The summed E-state index contributed by atoms with van der Waals surface area (Å²) in [5.74, 6) is 1.81. The van der Waals surface area contributed by atoms with Crippen LogP contribution >= 0.6 is 0 Å². The first-order valence-corrected chi connectivity index (χ1v) is 8.28. The maximum absolute atomic E-state index is 5.27. The van der Waals surface area contributed by atoms with E-state index in [-0.39, 0.29) is 0 Å². The molecule has 6 nitrogen and oxygen atoms in total. The minimum absolute atomic E-state index is 0.477. The standard InChI is InChI=1S/C17H25N5O/c1-12-6-5-9-18-16(12)13-7-4-8-14(10-13)19-11-15-20-17(21-23-15)22(2)3/h5-6,9,13-14,19H,4,7-8,10-11H2,1-3H3/t13-,14-/m0/s1. The van der Waals surface area contributed by atoms with Crippen LogP contribution in [0.25, 0.3) is 0 Å². The van der Waals surface area contributed by atoms with Crippen LogP contribution in [-0.2, 0) is 6.54 Å². The van der Waals surface area contributed by atoms with Gasteiger partial charge in [0.05, 0.1) is 6.54 Å². The van der Waals surface area contributed by atoms with E-state index in [0.717, 1.165) is 6.42 Å². The predicted molar refractivity (Wildman–Crippen MR) is 89.4 cm³/mol. The van der Waals surface area contributed by atoms with Crippen LogP contribution in [0.5, 0.6) is 0 Å². The normalized spacial score (nSPS) is 21.3. The van der Waals surface area contributed by atoms with Crippen molar-refractivity contribution in [1.29, 1.82) is 0 Å². The Labute approximate surface area is 137 Å². The lowest BCUT2D eigenvalue weighted by Crippen LogP contribution is -2.33. The van der Waals surface area contributed by atoms with E-state index >= 15 is 0 Å². The summed E-state index contributed by atoms with van der Waals surface area (Å²) in [7, 11) is 3.81. The fraction of sp³-hybridized carbons (Fsp3) is 0.588. The van der Waals surface area contributed by atoms with Gasteiger partial charge in [0.2, 0.25) is 5.89 Å². The lowest BCUT2D eigenvalue weighted by molar-refractivity contribution is 0.307. The Balaban J connectivity index is 1.57. The fourth-order valence-corrected chi connectivity index (χ4v) is 3.28. The lowest BCUT2D eigenvalue weighted by atomic mass is 9.82. The highest BCUT2D eigenvalue weighted by Gasteiger charge is 2.25. The van der Waals surface area contributed by atoms with Gasteiger partial charge in [0.25, 0.3) is 5.95 Å². The highest BCUT2D eigenvalue weighted by molar-refractivity contribution is 5.24. The van der Waals surface area contributed by atoms with E-state index in [9.17, 15) is 0 Å². The molecule has 0 saturated heterocycles. The second kappa shape index (κ2) is 7.08. The van der Waals surface area contributed by atoms with E-state index in [1.165, 1.54) is 30.5 Å². The average Bonchev–Trinajstić information content (AvgIpc) is 3.03. The van der Waals surface area contributed by atoms with E-state index < -0.39 is 0 Å². The van der Waals surface area contributed by atoms with E-state index in [1.54, 1.807) is 0 Å². The number of nitrogens with one attached hydrogen (secondary N) is 1. The third-order valence-electron chi connectivity index (χ3n) is 4.51. The minimum atomic E-state index is 0.477. The van der Waals surface area contributed by atoms with Crippen molar-refractivity contribution in [3.63, 3.8) is 0 Å². The van der Waals surface area contributed by atoms with E-state index in [4.69, 9.17) is 4.52 Å². The van der Waals surface area contributed by atoms with Gasteiger partial charge in [0.15, 0.2) is 0 Å². The molecular formula is C17H25N5O. The first-order chi connectivity index (χ1) is 11.1. The van der Waals surface area contributed by atoms with Crippen LogP contribution in [0, 0.1) is 6.92 Å². The first-order valence-electron chi connectivity index (χ1n) is 8.28. The molecule has 2 aromatic heterocycles. The van der Waals surface area contributed by atoms with Crippen LogP contribution in [0.2, 0.25) is 0 Å². The third-order valence-corrected chi connectivity index (χ3v) is 4.51. The Bertz CT molecular complexity index is 639. The number of hydrogen-bond donors (Lipinski definition) is 1. The van der Waals surface area contributed by atoms with Crippen LogP contribution < -0.4 is 10.2 Å². The molecule has 124 valence electrons. The Kier molecular flexibility index (Phi) is 4.91. The summed E-state index contributed by atoms with van der Waals surface area (Å²) in [5.41, 5.74) is 2.55. The molecule has 1 fully saturated rings. The monoisotopic (exact) mass is 315 g/mol. The van der Waals surface area contributed by atoms with E-state index in [2.05, 4.69) is 33.4 Å². The molecule has 0 spiro atoms. The van der Waals surface area contributed by atoms with Crippen molar-refractivity contribution in [2.45, 2.75) is 51.1 Å². The molecule has 0 bridgehead atoms. The number of pyridine rings is 1. The zero-order chi connectivity index (χ0) is 16.2. The largest absolute Gasteiger partial charge is 0.344 e. The molecule has 2 heterocycles. The molecule has 6 heteroatoms. The Morgan fingerprint density at radius 1 is 1.35 bits per heavy atom. The minimum Gasteiger partial charge on any atom is -0.344 e. The molecule has 23 heavy (non-hydrogen) atoms. The van der Waals surface area contributed by atoms with Crippen molar-refractivity contribution in [3.05, 3.63) is 35.5 Å². The number of hydrogen-bond acceptors (Lipinski definition) is 6. The molecule has 1 saturated carbocycles. The Morgan fingerprint density at radius 3 is 2.96 bits per heavy atom. The fourth-order valence-electron chi connectivity index (χ4n) is 3.28. The van der Waals surface area contributed by atoms with Gasteiger partial charge in [-0.25, -0.2) is 0 Å². The molecule has 0 unspecified atom stereocenters. The van der Waals surface area contributed by atoms with Crippen molar-refractivity contribution in [2.24, 2.45) is 0 Å². The van der Waals surface area contributed by atoms with Crippen LogP contribution in [0.4, 0.5) is 5.95 Å². The SMILES string of the molecule is Cc1cccnc1[C@H]1CCC[C@H](NCc2nc(N(C)C)no2)C1.